The van der Waals surface area contributed by atoms with Crippen LogP contribution < -0.4 is 15.8 Å². The van der Waals surface area contributed by atoms with E-state index in [4.69, 9.17) is 19.2 Å². The van der Waals surface area contributed by atoms with Crippen LogP contribution in [0.1, 0.15) is 46.7 Å². The van der Waals surface area contributed by atoms with Crippen molar-refractivity contribution >= 4 is 34.3 Å². The molecule has 1 aliphatic rings. The van der Waals surface area contributed by atoms with Crippen molar-refractivity contribution in [1.82, 2.24) is 29.2 Å². The van der Waals surface area contributed by atoms with Crippen molar-refractivity contribution in [1.29, 1.82) is 0 Å². The average Bonchev–Trinajstić information content (AvgIpc) is 3.35. The SMILES string of the molecule is C=CCn1c(=O)c2cnc(Nc3ccc(N4CCN(CCOCCOCCC(=O)OC(C)(C)C)CC4)cc3)nc2n1-c1cccc(C(C)(C)O)n1. The zero-order valence-electron chi connectivity index (χ0n) is 30.3. The molecule has 1 saturated heterocycles. The van der Waals surface area contributed by atoms with Gasteiger partial charge in [0.2, 0.25) is 5.95 Å². The van der Waals surface area contributed by atoms with Crippen LogP contribution in [0.25, 0.3) is 16.9 Å². The summed E-state index contributed by atoms with van der Waals surface area (Å²) in [6.07, 6.45) is 3.39. The first-order chi connectivity index (χ1) is 24.3. The molecule has 0 saturated carbocycles. The minimum absolute atomic E-state index is 0.238. The summed E-state index contributed by atoms with van der Waals surface area (Å²) in [5, 5.41) is 14.2. The lowest BCUT2D eigenvalue weighted by atomic mass is 10.1. The monoisotopic (exact) mass is 702 g/mol. The number of pyridine rings is 1. The van der Waals surface area contributed by atoms with E-state index >= 15 is 0 Å². The number of carbonyl (C=O) groups excluding carboxylic acids is 1. The van der Waals surface area contributed by atoms with Crippen LogP contribution in [0.2, 0.25) is 0 Å². The Balaban J connectivity index is 1.12. The Morgan fingerprint density at radius 2 is 1.67 bits per heavy atom. The van der Waals surface area contributed by atoms with Gasteiger partial charge in [-0.05, 0) is 71.0 Å². The smallest absolute Gasteiger partial charge is 0.308 e. The minimum Gasteiger partial charge on any atom is -0.460 e. The van der Waals surface area contributed by atoms with Crippen LogP contribution in [-0.4, -0.2) is 105 Å². The molecule has 0 amide bonds. The number of aromatic nitrogens is 5. The summed E-state index contributed by atoms with van der Waals surface area (Å²) < 4.78 is 19.7. The molecule has 0 aliphatic carbocycles. The number of allylic oxidation sites excluding steroid dienone is 1. The van der Waals surface area contributed by atoms with E-state index in [2.05, 4.69) is 43.8 Å². The van der Waals surface area contributed by atoms with E-state index in [9.17, 15) is 14.7 Å². The molecular weight excluding hydrogens is 652 g/mol. The molecule has 1 aliphatic heterocycles. The van der Waals surface area contributed by atoms with Crippen molar-refractivity contribution in [2.24, 2.45) is 0 Å². The third-order valence-corrected chi connectivity index (χ3v) is 8.21. The zero-order chi connectivity index (χ0) is 36.6. The molecule has 1 fully saturated rings. The van der Waals surface area contributed by atoms with Gasteiger partial charge in [0.05, 0.1) is 45.1 Å². The predicted molar refractivity (Wildman–Crippen MR) is 197 cm³/mol. The Bertz CT molecular complexity index is 1830. The van der Waals surface area contributed by atoms with Crippen LogP contribution >= 0.6 is 0 Å². The highest BCUT2D eigenvalue weighted by Crippen LogP contribution is 2.24. The fourth-order valence-corrected chi connectivity index (χ4v) is 5.67. The van der Waals surface area contributed by atoms with E-state index in [1.165, 1.54) is 10.9 Å². The first-order valence-corrected chi connectivity index (χ1v) is 17.3. The molecule has 4 aromatic rings. The molecule has 2 N–H and O–H groups in total. The molecule has 14 heteroatoms. The quantitative estimate of drug-likeness (QED) is 0.0987. The third kappa shape index (κ3) is 10.2. The number of rotatable bonds is 16. The number of aliphatic hydroxyl groups is 1. The number of benzene rings is 1. The first-order valence-electron chi connectivity index (χ1n) is 17.3. The molecule has 51 heavy (non-hydrogen) atoms. The Kier molecular flexibility index (Phi) is 12.2. The number of esters is 1. The van der Waals surface area contributed by atoms with Gasteiger partial charge in [0.1, 0.15) is 16.6 Å². The maximum atomic E-state index is 13.3. The first kappa shape index (κ1) is 37.6. The summed E-state index contributed by atoms with van der Waals surface area (Å²) in [6.45, 7) is 19.3. The van der Waals surface area contributed by atoms with Crippen molar-refractivity contribution in [3.8, 4) is 5.82 Å². The third-order valence-electron chi connectivity index (χ3n) is 8.21. The summed E-state index contributed by atoms with van der Waals surface area (Å²) in [5.74, 6) is 0.527. The number of hydrogen-bond donors (Lipinski definition) is 2. The van der Waals surface area contributed by atoms with Gasteiger partial charge < -0.3 is 29.5 Å². The van der Waals surface area contributed by atoms with Crippen LogP contribution in [-0.2, 0) is 31.2 Å². The molecule has 1 aromatic carbocycles. The van der Waals surface area contributed by atoms with Gasteiger partial charge in [-0.1, -0.05) is 12.1 Å². The normalized spacial score (nSPS) is 14.2. The van der Waals surface area contributed by atoms with E-state index < -0.39 is 11.2 Å². The van der Waals surface area contributed by atoms with Crippen LogP contribution in [0.15, 0.2) is 66.1 Å². The van der Waals surface area contributed by atoms with Crippen molar-refractivity contribution in [2.75, 3.05) is 69.4 Å². The highest BCUT2D eigenvalue weighted by molar-refractivity contribution is 5.77. The Hall–Kier alpha value is -4.63. The van der Waals surface area contributed by atoms with Crippen LogP contribution in [0.5, 0.6) is 0 Å². The van der Waals surface area contributed by atoms with Gasteiger partial charge in [-0.15, -0.1) is 6.58 Å². The number of hydrogen-bond acceptors (Lipinski definition) is 12. The predicted octanol–water partition coefficient (Wildman–Crippen LogP) is 4.02. The number of carbonyl (C=O) groups is 1. The van der Waals surface area contributed by atoms with Gasteiger partial charge in [0.25, 0.3) is 5.56 Å². The molecule has 14 nitrogen and oxygen atoms in total. The molecule has 0 unspecified atom stereocenters. The highest BCUT2D eigenvalue weighted by atomic mass is 16.6. The number of anilines is 3. The summed E-state index contributed by atoms with van der Waals surface area (Å²) >= 11 is 0. The minimum atomic E-state index is -1.16. The second-order valence-electron chi connectivity index (χ2n) is 13.9. The second-order valence-corrected chi connectivity index (χ2v) is 13.9. The standard InChI is InChI=1S/C37H50N8O6/c1-7-16-44-34(47)29-26-38-35(41-33(29)45(44)31-10-8-9-30(40-31)37(5,6)48)39-27-11-13-28(14-12-27)43-19-17-42(18-20-43)21-23-50-25-24-49-22-15-32(46)51-36(2,3)4/h7-14,26,48H,1,15-25H2,2-6H3,(H,38,39,41). The lowest BCUT2D eigenvalue weighted by Crippen LogP contribution is -2.47. The molecule has 0 bridgehead atoms. The van der Waals surface area contributed by atoms with E-state index in [1.54, 1.807) is 42.8 Å². The number of nitrogens with one attached hydrogen (secondary N) is 1. The van der Waals surface area contributed by atoms with Crippen molar-refractivity contribution in [2.45, 2.75) is 58.8 Å². The molecule has 5 rings (SSSR count). The van der Waals surface area contributed by atoms with Crippen LogP contribution in [0.3, 0.4) is 0 Å². The molecule has 0 radical (unpaired) electrons. The van der Waals surface area contributed by atoms with E-state index in [1.807, 2.05) is 32.9 Å². The summed E-state index contributed by atoms with van der Waals surface area (Å²) in [6, 6.07) is 13.4. The molecular formula is C37H50N8O6. The van der Waals surface area contributed by atoms with Gasteiger partial charge in [0, 0.05) is 50.3 Å². The molecule has 0 spiro atoms. The van der Waals surface area contributed by atoms with Crippen molar-refractivity contribution in [3.63, 3.8) is 0 Å². The molecule has 4 heterocycles. The van der Waals surface area contributed by atoms with Crippen molar-refractivity contribution < 1.29 is 24.1 Å². The lowest BCUT2D eigenvalue weighted by Gasteiger charge is -2.36. The summed E-state index contributed by atoms with van der Waals surface area (Å²) in [5.41, 5.74) is 0.892. The number of piperazine rings is 1. The number of fused-ring (bicyclic) bond motifs is 1. The zero-order valence-corrected chi connectivity index (χ0v) is 30.3. The maximum Gasteiger partial charge on any atom is 0.308 e. The van der Waals surface area contributed by atoms with Crippen molar-refractivity contribution in [3.05, 3.63) is 77.4 Å². The number of ether oxygens (including phenoxy) is 3. The van der Waals surface area contributed by atoms with E-state index in [0.717, 1.165) is 44.1 Å². The van der Waals surface area contributed by atoms with Gasteiger partial charge in [-0.25, -0.2) is 19.3 Å². The lowest BCUT2D eigenvalue weighted by molar-refractivity contribution is -0.156. The van der Waals surface area contributed by atoms with Gasteiger partial charge in [-0.3, -0.25) is 14.5 Å². The molecule has 274 valence electrons. The number of nitrogens with zero attached hydrogens (tertiary/aromatic N) is 7. The Labute approximate surface area is 298 Å². The fraction of sp³-hybridized carbons (Fsp3) is 0.486. The van der Waals surface area contributed by atoms with Gasteiger partial charge in [0.15, 0.2) is 11.5 Å². The second kappa shape index (κ2) is 16.6. The molecule has 3 aromatic heterocycles. The van der Waals surface area contributed by atoms with E-state index in [0.29, 0.717) is 54.9 Å². The summed E-state index contributed by atoms with van der Waals surface area (Å²) in [4.78, 5) is 43.6. The fourth-order valence-electron chi connectivity index (χ4n) is 5.67. The van der Waals surface area contributed by atoms with Crippen LogP contribution in [0.4, 0.5) is 17.3 Å². The maximum absolute atomic E-state index is 13.3. The average molecular weight is 703 g/mol. The Morgan fingerprint density at radius 1 is 0.961 bits per heavy atom. The van der Waals surface area contributed by atoms with Gasteiger partial charge >= 0.3 is 5.97 Å². The van der Waals surface area contributed by atoms with E-state index in [-0.39, 0.29) is 24.5 Å². The highest BCUT2D eigenvalue weighted by Gasteiger charge is 2.22. The van der Waals surface area contributed by atoms with Gasteiger partial charge in [-0.2, -0.15) is 4.98 Å². The van der Waals surface area contributed by atoms with Crippen LogP contribution in [0, 0.1) is 0 Å². The Morgan fingerprint density at radius 3 is 2.33 bits per heavy atom. The molecule has 0 atom stereocenters. The largest absolute Gasteiger partial charge is 0.460 e. The topological polar surface area (TPSA) is 149 Å². The summed E-state index contributed by atoms with van der Waals surface area (Å²) in [7, 11) is 0.